The van der Waals surface area contributed by atoms with Gasteiger partial charge < -0.3 is 10.2 Å². The van der Waals surface area contributed by atoms with Gasteiger partial charge in [0.1, 0.15) is 11.5 Å². The molecule has 0 aliphatic carbocycles. The molecule has 0 bridgehead atoms. The SMILES string of the molecule is Oc1cc(O)c(Sc2ccccc2)cc1Sc1ccccc1. The first-order valence-electron chi connectivity index (χ1n) is 6.74. The summed E-state index contributed by atoms with van der Waals surface area (Å²) in [4.78, 5) is 3.53. The Bertz CT molecular complexity index is 696. The van der Waals surface area contributed by atoms with Gasteiger partial charge in [0.05, 0.1) is 9.79 Å². The lowest BCUT2D eigenvalue weighted by Crippen LogP contribution is -1.80. The number of hydrogen-bond donors (Lipinski definition) is 2. The second-order valence-corrected chi connectivity index (χ2v) is 6.85. The van der Waals surface area contributed by atoms with Crippen LogP contribution in [0.5, 0.6) is 11.5 Å². The molecule has 3 rings (SSSR count). The monoisotopic (exact) mass is 326 g/mol. The van der Waals surface area contributed by atoms with Crippen molar-refractivity contribution in [2.45, 2.75) is 19.6 Å². The Morgan fingerprint density at radius 2 is 0.955 bits per heavy atom. The molecule has 0 heterocycles. The summed E-state index contributed by atoms with van der Waals surface area (Å²) in [7, 11) is 0. The lowest BCUT2D eigenvalue weighted by Gasteiger charge is -2.10. The van der Waals surface area contributed by atoms with E-state index in [1.54, 1.807) is 0 Å². The highest BCUT2D eigenvalue weighted by molar-refractivity contribution is 8.00. The van der Waals surface area contributed by atoms with Crippen molar-refractivity contribution in [1.29, 1.82) is 0 Å². The standard InChI is InChI=1S/C18H14O2S2/c19-15-11-16(20)18(22-14-9-5-2-6-10-14)12-17(15)21-13-7-3-1-4-8-13/h1-12,19-20H. The molecule has 0 aliphatic rings. The second kappa shape index (κ2) is 6.81. The van der Waals surface area contributed by atoms with Crippen LogP contribution in [0.3, 0.4) is 0 Å². The Balaban J connectivity index is 1.90. The van der Waals surface area contributed by atoms with Crippen molar-refractivity contribution < 1.29 is 10.2 Å². The Morgan fingerprint density at radius 1 is 0.545 bits per heavy atom. The lowest BCUT2D eigenvalue weighted by molar-refractivity contribution is 0.434. The van der Waals surface area contributed by atoms with Crippen molar-refractivity contribution in [3.05, 3.63) is 72.8 Å². The van der Waals surface area contributed by atoms with Crippen LogP contribution in [0, 0.1) is 0 Å². The van der Waals surface area contributed by atoms with E-state index in [0.717, 1.165) is 19.6 Å². The topological polar surface area (TPSA) is 40.5 Å². The van der Waals surface area contributed by atoms with Gasteiger partial charge in [-0.1, -0.05) is 59.9 Å². The van der Waals surface area contributed by atoms with Crippen LogP contribution in [0.1, 0.15) is 0 Å². The van der Waals surface area contributed by atoms with Gasteiger partial charge in [0.15, 0.2) is 0 Å². The smallest absolute Gasteiger partial charge is 0.133 e. The number of benzene rings is 3. The van der Waals surface area contributed by atoms with E-state index in [4.69, 9.17) is 0 Å². The molecular weight excluding hydrogens is 312 g/mol. The summed E-state index contributed by atoms with van der Waals surface area (Å²) in [5, 5.41) is 20.1. The first kappa shape index (κ1) is 14.9. The molecule has 2 N–H and O–H groups in total. The normalized spacial score (nSPS) is 10.5. The van der Waals surface area contributed by atoms with Crippen LogP contribution in [0.4, 0.5) is 0 Å². The average molecular weight is 326 g/mol. The van der Waals surface area contributed by atoms with Crippen LogP contribution in [0.2, 0.25) is 0 Å². The molecule has 3 aromatic carbocycles. The summed E-state index contributed by atoms with van der Waals surface area (Å²) in [6.07, 6.45) is 0. The maximum absolute atomic E-state index is 10.1. The minimum atomic E-state index is 0.0868. The van der Waals surface area contributed by atoms with Gasteiger partial charge in [-0.05, 0) is 30.3 Å². The van der Waals surface area contributed by atoms with E-state index in [2.05, 4.69) is 0 Å². The third-order valence-corrected chi connectivity index (χ3v) is 5.09. The fraction of sp³-hybridized carbons (Fsp3) is 0. The van der Waals surface area contributed by atoms with Gasteiger partial charge in [-0.3, -0.25) is 0 Å². The summed E-state index contributed by atoms with van der Waals surface area (Å²) in [5.74, 6) is 0.174. The van der Waals surface area contributed by atoms with Crippen LogP contribution in [0.15, 0.2) is 92.4 Å². The van der Waals surface area contributed by atoms with Crippen molar-refractivity contribution in [3.63, 3.8) is 0 Å². The lowest BCUT2D eigenvalue weighted by atomic mass is 10.3. The van der Waals surface area contributed by atoms with Gasteiger partial charge in [-0.2, -0.15) is 0 Å². The van der Waals surface area contributed by atoms with E-state index in [-0.39, 0.29) is 11.5 Å². The summed E-state index contributed by atoms with van der Waals surface area (Å²) in [5.41, 5.74) is 0. The van der Waals surface area contributed by atoms with Gasteiger partial charge in [-0.25, -0.2) is 0 Å². The summed E-state index contributed by atoms with van der Waals surface area (Å²) >= 11 is 2.95. The number of rotatable bonds is 4. The van der Waals surface area contributed by atoms with Crippen molar-refractivity contribution in [2.75, 3.05) is 0 Å². The molecule has 0 unspecified atom stereocenters. The zero-order chi connectivity index (χ0) is 15.4. The fourth-order valence-corrected chi connectivity index (χ4v) is 3.78. The number of hydrogen-bond acceptors (Lipinski definition) is 4. The molecule has 22 heavy (non-hydrogen) atoms. The molecule has 3 aromatic rings. The van der Waals surface area contributed by atoms with E-state index in [0.29, 0.717) is 0 Å². The second-order valence-electron chi connectivity index (χ2n) is 4.62. The highest BCUT2D eigenvalue weighted by atomic mass is 32.2. The molecule has 2 nitrogen and oxygen atoms in total. The molecule has 110 valence electrons. The fourth-order valence-electron chi connectivity index (χ4n) is 1.93. The average Bonchev–Trinajstić information content (AvgIpc) is 2.54. The van der Waals surface area contributed by atoms with Gasteiger partial charge in [0, 0.05) is 15.9 Å². The van der Waals surface area contributed by atoms with E-state index in [9.17, 15) is 10.2 Å². The number of phenolic OH excluding ortho intramolecular Hbond substituents is 2. The van der Waals surface area contributed by atoms with E-state index < -0.39 is 0 Å². The first-order valence-corrected chi connectivity index (χ1v) is 8.37. The molecule has 0 radical (unpaired) electrons. The van der Waals surface area contributed by atoms with Gasteiger partial charge in [0.2, 0.25) is 0 Å². The predicted octanol–water partition coefficient (Wildman–Crippen LogP) is 5.40. The molecule has 0 fully saturated rings. The summed E-state index contributed by atoms with van der Waals surface area (Å²) in [6, 6.07) is 22.9. The molecule has 0 aromatic heterocycles. The Kier molecular flexibility index (Phi) is 4.61. The third kappa shape index (κ3) is 3.59. The maximum Gasteiger partial charge on any atom is 0.133 e. The van der Waals surface area contributed by atoms with Crippen LogP contribution in [0.25, 0.3) is 0 Å². The number of phenols is 2. The third-order valence-electron chi connectivity index (χ3n) is 2.98. The minimum Gasteiger partial charge on any atom is -0.507 e. The van der Waals surface area contributed by atoms with Crippen LogP contribution in [-0.2, 0) is 0 Å². The Morgan fingerprint density at radius 3 is 1.36 bits per heavy atom. The van der Waals surface area contributed by atoms with Gasteiger partial charge in [-0.15, -0.1) is 0 Å². The molecule has 0 atom stereocenters. The van der Waals surface area contributed by atoms with Crippen LogP contribution >= 0.6 is 23.5 Å². The highest BCUT2D eigenvalue weighted by Crippen LogP contribution is 2.43. The van der Waals surface area contributed by atoms with Crippen molar-refractivity contribution >= 4 is 23.5 Å². The van der Waals surface area contributed by atoms with Crippen LogP contribution < -0.4 is 0 Å². The largest absolute Gasteiger partial charge is 0.507 e. The molecule has 4 heteroatoms. The van der Waals surface area contributed by atoms with E-state index in [1.165, 1.54) is 29.6 Å². The van der Waals surface area contributed by atoms with Crippen LogP contribution in [-0.4, -0.2) is 10.2 Å². The van der Waals surface area contributed by atoms with Crippen molar-refractivity contribution in [1.82, 2.24) is 0 Å². The zero-order valence-corrected chi connectivity index (χ0v) is 13.3. The predicted molar refractivity (Wildman–Crippen MR) is 90.9 cm³/mol. The van der Waals surface area contributed by atoms with Gasteiger partial charge >= 0.3 is 0 Å². The molecular formula is C18H14O2S2. The quantitative estimate of drug-likeness (QED) is 0.673. The maximum atomic E-state index is 10.1. The molecule has 0 amide bonds. The Hall–Kier alpha value is -2.04. The first-order chi connectivity index (χ1) is 10.7. The number of aromatic hydroxyl groups is 2. The van der Waals surface area contributed by atoms with E-state index in [1.807, 2.05) is 66.7 Å². The Labute approximate surface area is 137 Å². The van der Waals surface area contributed by atoms with Gasteiger partial charge in [0.25, 0.3) is 0 Å². The summed E-state index contributed by atoms with van der Waals surface area (Å²) < 4.78 is 0. The summed E-state index contributed by atoms with van der Waals surface area (Å²) in [6.45, 7) is 0. The van der Waals surface area contributed by atoms with Crippen molar-refractivity contribution in [2.24, 2.45) is 0 Å². The van der Waals surface area contributed by atoms with E-state index >= 15 is 0 Å². The molecule has 0 saturated heterocycles. The molecule has 0 spiro atoms. The molecule has 0 aliphatic heterocycles. The minimum absolute atomic E-state index is 0.0868. The zero-order valence-electron chi connectivity index (χ0n) is 11.6. The van der Waals surface area contributed by atoms with Crippen molar-refractivity contribution in [3.8, 4) is 11.5 Å². The highest BCUT2D eigenvalue weighted by Gasteiger charge is 2.11. The molecule has 0 saturated carbocycles.